The lowest BCUT2D eigenvalue weighted by molar-refractivity contribution is 0.197. The van der Waals surface area contributed by atoms with Gasteiger partial charge in [-0.25, -0.2) is 0 Å². The van der Waals surface area contributed by atoms with Crippen molar-refractivity contribution in [2.75, 3.05) is 25.1 Å². The van der Waals surface area contributed by atoms with Crippen molar-refractivity contribution in [3.05, 3.63) is 30.3 Å². The molecule has 1 atom stereocenters. The van der Waals surface area contributed by atoms with E-state index >= 15 is 0 Å². The summed E-state index contributed by atoms with van der Waals surface area (Å²) in [5.41, 5.74) is 6.70. The second-order valence-corrected chi connectivity index (χ2v) is 5.03. The number of unbranched alkanes of at least 4 members (excludes halogenated alkanes) is 1. The van der Waals surface area contributed by atoms with E-state index in [9.17, 15) is 0 Å². The van der Waals surface area contributed by atoms with Gasteiger partial charge in [-0.3, -0.25) is 0 Å². The summed E-state index contributed by atoms with van der Waals surface area (Å²) in [7, 11) is 2.10. The Morgan fingerprint density at radius 3 is 2.47 bits per heavy atom. The van der Waals surface area contributed by atoms with Gasteiger partial charge < -0.3 is 15.7 Å². The monoisotopic (exact) mass is 236 g/mol. The van der Waals surface area contributed by atoms with Gasteiger partial charge in [0.05, 0.1) is 6.61 Å². The number of anilines is 1. The van der Waals surface area contributed by atoms with Crippen molar-refractivity contribution in [1.29, 1.82) is 0 Å². The number of aliphatic hydroxyl groups excluding tert-OH is 1. The standard InChI is InChI=1S/C14H24N2O/c1-14(15,12-17)10-6-7-11-16(2)13-8-4-3-5-9-13/h3-5,8-9,17H,6-7,10-12,15H2,1-2H3. The van der Waals surface area contributed by atoms with Crippen molar-refractivity contribution in [2.24, 2.45) is 5.73 Å². The van der Waals surface area contributed by atoms with Crippen LogP contribution in [0.2, 0.25) is 0 Å². The highest BCUT2D eigenvalue weighted by Gasteiger charge is 2.15. The Balaban J connectivity index is 2.24. The summed E-state index contributed by atoms with van der Waals surface area (Å²) in [4.78, 5) is 2.24. The fourth-order valence-electron chi connectivity index (χ4n) is 1.77. The van der Waals surface area contributed by atoms with Gasteiger partial charge in [-0.15, -0.1) is 0 Å². The molecule has 0 fully saturated rings. The van der Waals surface area contributed by atoms with E-state index in [1.807, 2.05) is 13.0 Å². The SMILES string of the molecule is CN(CCCCC(C)(N)CO)c1ccccc1. The van der Waals surface area contributed by atoms with Crippen LogP contribution in [0.4, 0.5) is 5.69 Å². The van der Waals surface area contributed by atoms with Gasteiger partial charge >= 0.3 is 0 Å². The third-order valence-corrected chi connectivity index (χ3v) is 3.05. The Kier molecular flexibility index (Phi) is 5.45. The number of aliphatic hydroxyl groups is 1. The molecule has 0 saturated carbocycles. The van der Waals surface area contributed by atoms with E-state index in [1.165, 1.54) is 5.69 Å². The zero-order valence-corrected chi connectivity index (χ0v) is 10.9. The fourth-order valence-corrected chi connectivity index (χ4v) is 1.77. The number of hydrogen-bond acceptors (Lipinski definition) is 3. The molecule has 0 radical (unpaired) electrons. The summed E-state index contributed by atoms with van der Waals surface area (Å²) in [6.45, 7) is 2.97. The summed E-state index contributed by atoms with van der Waals surface area (Å²) < 4.78 is 0. The van der Waals surface area contributed by atoms with Crippen LogP contribution >= 0.6 is 0 Å². The molecule has 0 bridgehead atoms. The lowest BCUT2D eigenvalue weighted by atomic mass is 9.97. The first kappa shape index (κ1) is 14.0. The molecule has 3 nitrogen and oxygen atoms in total. The third-order valence-electron chi connectivity index (χ3n) is 3.05. The number of nitrogens with zero attached hydrogens (tertiary/aromatic N) is 1. The molecule has 1 aromatic carbocycles. The first-order valence-corrected chi connectivity index (χ1v) is 6.21. The number of para-hydroxylation sites is 1. The summed E-state index contributed by atoms with van der Waals surface area (Å²) >= 11 is 0. The average molecular weight is 236 g/mol. The van der Waals surface area contributed by atoms with Crippen molar-refractivity contribution in [2.45, 2.75) is 31.7 Å². The quantitative estimate of drug-likeness (QED) is 0.712. The predicted molar refractivity (Wildman–Crippen MR) is 73.2 cm³/mol. The van der Waals surface area contributed by atoms with Gasteiger partial charge in [-0.2, -0.15) is 0 Å². The predicted octanol–water partition coefficient (Wildman–Crippen LogP) is 2.00. The highest BCUT2D eigenvalue weighted by atomic mass is 16.3. The molecule has 96 valence electrons. The minimum Gasteiger partial charge on any atom is -0.394 e. The molecule has 1 rings (SSSR count). The van der Waals surface area contributed by atoms with Crippen molar-refractivity contribution >= 4 is 5.69 Å². The van der Waals surface area contributed by atoms with Crippen molar-refractivity contribution in [3.63, 3.8) is 0 Å². The lowest BCUT2D eigenvalue weighted by Crippen LogP contribution is -2.40. The van der Waals surface area contributed by atoms with Crippen LogP contribution in [0.5, 0.6) is 0 Å². The number of benzene rings is 1. The van der Waals surface area contributed by atoms with Gasteiger partial charge in [0.1, 0.15) is 0 Å². The molecule has 1 aromatic rings. The normalized spacial score (nSPS) is 14.4. The molecule has 0 spiro atoms. The van der Waals surface area contributed by atoms with Crippen molar-refractivity contribution < 1.29 is 5.11 Å². The smallest absolute Gasteiger partial charge is 0.0608 e. The summed E-state index contributed by atoms with van der Waals surface area (Å²) in [5, 5.41) is 9.05. The minimum atomic E-state index is -0.425. The Hall–Kier alpha value is -1.06. The van der Waals surface area contributed by atoms with Crippen LogP contribution < -0.4 is 10.6 Å². The van der Waals surface area contributed by atoms with Crippen molar-refractivity contribution in [1.82, 2.24) is 0 Å². The van der Waals surface area contributed by atoms with Crippen LogP contribution in [0.15, 0.2) is 30.3 Å². The number of nitrogens with two attached hydrogens (primary N) is 1. The maximum Gasteiger partial charge on any atom is 0.0608 e. The van der Waals surface area contributed by atoms with E-state index in [2.05, 4.69) is 36.2 Å². The third kappa shape index (κ3) is 5.20. The Labute approximate surface area is 104 Å². The number of hydrogen-bond donors (Lipinski definition) is 2. The van der Waals surface area contributed by atoms with E-state index in [0.29, 0.717) is 0 Å². The second kappa shape index (κ2) is 6.62. The molecule has 0 aliphatic rings. The fraction of sp³-hybridized carbons (Fsp3) is 0.571. The maximum atomic E-state index is 9.05. The first-order valence-electron chi connectivity index (χ1n) is 6.21. The zero-order chi connectivity index (χ0) is 12.7. The van der Waals surface area contributed by atoms with Crippen LogP contribution in [-0.2, 0) is 0 Å². The highest BCUT2D eigenvalue weighted by molar-refractivity contribution is 5.44. The average Bonchev–Trinajstić information content (AvgIpc) is 2.35. The Bertz CT molecular complexity index is 311. The summed E-state index contributed by atoms with van der Waals surface area (Å²) in [6, 6.07) is 10.4. The molecule has 0 saturated heterocycles. The zero-order valence-electron chi connectivity index (χ0n) is 10.9. The van der Waals surface area contributed by atoms with E-state index in [-0.39, 0.29) is 6.61 Å². The topological polar surface area (TPSA) is 49.5 Å². The largest absolute Gasteiger partial charge is 0.394 e. The molecule has 0 heterocycles. The lowest BCUT2D eigenvalue weighted by Gasteiger charge is -2.23. The van der Waals surface area contributed by atoms with Gasteiger partial charge in [0.25, 0.3) is 0 Å². The van der Waals surface area contributed by atoms with E-state index < -0.39 is 5.54 Å². The number of rotatable bonds is 7. The molecule has 1 unspecified atom stereocenters. The first-order chi connectivity index (χ1) is 8.05. The van der Waals surface area contributed by atoms with Crippen LogP contribution in [-0.4, -0.2) is 30.8 Å². The summed E-state index contributed by atoms with van der Waals surface area (Å²) in [6.07, 6.45) is 3.01. The molecule has 3 N–H and O–H groups in total. The molecular weight excluding hydrogens is 212 g/mol. The maximum absolute atomic E-state index is 9.05. The molecule has 0 aliphatic carbocycles. The van der Waals surface area contributed by atoms with E-state index in [4.69, 9.17) is 10.8 Å². The van der Waals surface area contributed by atoms with Gasteiger partial charge in [0.2, 0.25) is 0 Å². The van der Waals surface area contributed by atoms with Crippen molar-refractivity contribution in [3.8, 4) is 0 Å². The molecule has 0 aliphatic heterocycles. The molecule has 3 heteroatoms. The van der Waals surface area contributed by atoms with Gasteiger partial charge in [0, 0.05) is 24.8 Å². The van der Waals surface area contributed by atoms with Gasteiger partial charge in [-0.1, -0.05) is 18.2 Å². The van der Waals surface area contributed by atoms with E-state index in [1.54, 1.807) is 0 Å². The minimum absolute atomic E-state index is 0.0571. The van der Waals surface area contributed by atoms with Gasteiger partial charge in [0.15, 0.2) is 0 Å². The molecular formula is C14H24N2O. The molecule has 17 heavy (non-hydrogen) atoms. The second-order valence-electron chi connectivity index (χ2n) is 5.03. The van der Waals surface area contributed by atoms with Gasteiger partial charge in [-0.05, 0) is 38.3 Å². The molecule has 0 aromatic heterocycles. The van der Waals surface area contributed by atoms with Crippen LogP contribution in [0.1, 0.15) is 26.2 Å². The Morgan fingerprint density at radius 2 is 1.88 bits per heavy atom. The van der Waals surface area contributed by atoms with Crippen LogP contribution in [0.25, 0.3) is 0 Å². The Morgan fingerprint density at radius 1 is 1.24 bits per heavy atom. The van der Waals surface area contributed by atoms with E-state index in [0.717, 1.165) is 25.8 Å². The highest BCUT2D eigenvalue weighted by Crippen LogP contribution is 2.14. The van der Waals surface area contributed by atoms with Crippen LogP contribution in [0.3, 0.4) is 0 Å². The molecule has 0 amide bonds. The van der Waals surface area contributed by atoms with Crippen LogP contribution in [0, 0.1) is 0 Å². The summed E-state index contributed by atoms with van der Waals surface area (Å²) in [5.74, 6) is 0.